The molecule has 3 rings (SSSR count). The van der Waals surface area contributed by atoms with Crippen molar-refractivity contribution in [3.05, 3.63) is 71.4 Å². The molecule has 29 heavy (non-hydrogen) atoms. The molecule has 0 aliphatic rings. The van der Waals surface area contributed by atoms with Gasteiger partial charge in [0.25, 0.3) is 5.91 Å². The first kappa shape index (κ1) is 19.9. The van der Waals surface area contributed by atoms with E-state index in [2.05, 4.69) is 10.5 Å². The summed E-state index contributed by atoms with van der Waals surface area (Å²) in [5, 5.41) is 6.27. The van der Waals surface area contributed by atoms with Gasteiger partial charge in [-0.05, 0) is 43.7 Å². The molecule has 3 aromatic rings. The number of hydrogen-bond donors (Lipinski definition) is 2. The molecule has 8 heteroatoms. The van der Waals surface area contributed by atoms with E-state index in [0.717, 1.165) is 5.56 Å². The van der Waals surface area contributed by atoms with E-state index >= 15 is 0 Å². The number of aryl methyl sites for hydroxylation is 1. The Morgan fingerprint density at radius 2 is 1.83 bits per heavy atom. The molecular formula is C21H21N3O5. The lowest BCUT2D eigenvalue weighted by Crippen LogP contribution is -2.30. The molecule has 0 spiro atoms. The first-order valence-corrected chi connectivity index (χ1v) is 8.94. The minimum atomic E-state index is -1.04. The first-order chi connectivity index (χ1) is 13.9. The topological polar surface area (TPSA) is 117 Å². The Morgan fingerprint density at radius 3 is 2.45 bits per heavy atom. The Morgan fingerprint density at radius 1 is 1.14 bits per heavy atom. The summed E-state index contributed by atoms with van der Waals surface area (Å²) in [6.07, 6.45) is -1.04. The zero-order valence-electron chi connectivity index (χ0n) is 16.0. The van der Waals surface area contributed by atoms with Crippen LogP contribution in [-0.2, 0) is 16.1 Å². The number of rotatable bonds is 7. The number of ether oxygens (including phenoxy) is 2. The number of nitrogen functional groups attached to an aromatic ring is 1. The average Bonchev–Trinajstić information content (AvgIpc) is 3.06. The first-order valence-electron chi connectivity index (χ1n) is 8.94. The molecule has 150 valence electrons. The molecule has 0 fully saturated rings. The molecule has 1 heterocycles. The van der Waals surface area contributed by atoms with E-state index in [9.17, 15) is 9.59 Å². The third-order valence-corrected chi connectivity index (χ3v) is 4.12. The van der Waals surface area contributed by atoms with Gasteiger partial charge in [-0.1, -0.05) is 35.5 Å². The smallest absolute Gasteiger partial charge is 0.346 e. The second-order valence-corrected chi connectivity index (χ2v) is 6.34. The van der Waals surface area contributed by atoms with Crippen LogP contribution in [-0.4, -0.2) is 23.1 Å². The maximum Gasteiger partial charge on any atom is 0.346 e. The third-order valence-electron chi connectivity index (χ3n) is 4.12. The maximum atomic E-state index is 12.3. The van der Waals surface area contributed by atoms with Gasteiger partial charge in [-0.2, -0.15) is 0 Å². The summed E-state index contributed by atoms with van der Waals surface area (Å²) in [7, 11) is 0. The lowest BCUT2D eigenvalue weighted by molar-refractivity contribution is -0.123. The number of benzene rings is 2. The van der Waals surface area contributed by atoms with Crippen molar-refractivity contribution < 1.29 is 23.6 Å². The Labute approximate surface area is 167 Å². The summed E-state index contributed by atoms with van der Waals surface area (Å²) in [5.74, 6) is -0.728. The molecule has 1 amide bonds. The summed E-state index contributed by atoms with van der Waals surface area (Å²) in [6.45, 7) is 3.47. The van der Waals surface area contributed by atoms with E-state index in [0.29, 0.717) is 23.7 Å². The van der Waals surface area contributed by atoms with Crippen LogP contribution in [0.15, 0.2) is 59.1 Å². The summed E-state index contributed by atoms with van der Waals surface area (Å²) in [5.41, 5.74) is 7.47. The summed E-state index contributed by atoms with van der Waals surface area (Å²) in [6, 6.07) is 16.7. The molecule has 0 radical (unpaired) electrons. The van der Waals surface area contributed by atoms with Gasteiger partial charge in [0.2, 0.25) is 5.88 Å². The molecule has 0 saturated carbocycles. The normalized spacial score (nSPS) is 11.5. The van der Waals surface area contributed by atoms with Crippen molar-refractivity contribution in [3.8, 4) is 5.75 Å². The number of amides is 1. The van der Waals surface area contributed by atoms with Crippen molar-refractivity contribution in [2.75, 3.05) is 11.1 Å². The quantitative estimate of drug-likeness (QED) is 0.589. The number of esters is 1. The largest absolute Gasteiger partial charge is 0.489 e. The van der Waals surface area contributed by atoms with Gasteiger partial charge in [0.1, 0.15) is 17.9 Å². The van der Waals surface area contributed by atoms with Crippen LogP contribution in [0.2, 0.25) is 0 Å². The van der Waals surface area contributed by atoms with Gasteiger partial charge in [-0.15, -0.1) is 0 Å². The predicted molar refractivity (Wildman–Crippen MR) is 106 cm³/mol. The Hall–Kier alpha value is -3.81. The molecule has 0 bridgehead atoms. The Balaban J connectivity index is 1.52. The number of nitrogens with zero attached hydrogens (tertiary/aromatic N) is 1. The van der Waals surface area contributed by atoms with Crippen LogP contribution in [0.3, 0.4) is 0 Å². The van der Waals surface area contributed by atoms with E-state index in [4.69, 9.17) is 19.7 Å². The van der Waals surface area contributed by atoms with Crippen molar-refractivity contribution in [1.29, 1.82) is 0 Å². The summed E-state index contributed by atoms with van der Waals surface area (Å²) in [4.78, 5) is 24.4. The SMILES string of the molecule is Cc1noc(N)c1C(=O)OC(C)C(=O)Nc1ccc(OCc2ccccc2)cc1. The minimum absolute atomic E-state index is 0.0181. The van der Waals surface area contributed by atoms with Gasteiger partial charge in [-0.3, -0.25) is 4.79 Å². The number of carbonyl (C=O) groups excluding carboxylic acids is 2. The van der Waals surface area contributed by atoms with Gasteiger partial charge >= 0.3 is 5.97 Å². The van der Waals surface area contributed by atoms with E-state index in [-0.39, 0.29) is 11.4 Å². The van der Waals surface area contributed by atoms with Crippen molar-refractivity contribution in [1.82, 2.24) is 5.16 Å². The van der Waals surface area contributed by atoms with E-state index < -0.39 is 18.0 Å². The number of anilines is 2. The molecule has 0 saturated heterocycles. The zero-order valence-corrected chi connectivity index (χ0v) is 16.0. The fourth-order valence-electron chi connectivity index (χ4n) is 2.53. The fraction of sp³-hybridized carbons (Fsp3) is 0.190. The number of aromatic nitrogens is 1. The fourth-order valence-corrected chi connectivity index (χ4v) is 2.53. The maximum absolute atomic E-state index is 12.3. The van der Waals surface area contributed by atoms with Crippen LogP contribution >= 0.6 is 0 Å². The van der Waals surface area contributed by atoms with Gasteiger partial charge in [0.15, 0.2) is 6.10 Å². The highest BCUT2D eigenvalue weighted by Crippen LogP contribution is 2.19. The average molecular weight is 395 g/mol. The highest BCUT2D eigenvalue weighted by atomic mass is 16.5. The van der Waals surface area contributed by atoms with Gasteiger partial charge in [-0.25, -0.2) is 4.79 Å². The minimum Gasteiger partial charge on any atom is -0.489 e. The molecule has 1 unspecified atom stereocenters. The molecule has 1 aromatic heterocycles. The van der Waals surface area contributed by atoms with Crippen molar-refractivity contribution in [3.63, 3.8) is 0 Å². The number of carbonyl (C=O) groups is 2. The summed E-state index contributed by atoms with van der Waals surface area (Å²) < 4.78 is 15.6. The standard InChI is InChI=1S/C21H21N3O5/c1-13-18(19(22)29-24-13)21(26)28-14(2)20(25)23-16-8-10-17(11-9-16)27-12-15-6-4-3-5-7-15/h3-11,14H,12,22H2,1-2H3,(H,23,25). The van der Waals surface area contributed by atoms with E-state index in [1.54, 1.807) is 31.2 Å². The predicted octanol–water partition coefficient (Wildman–Crippen LogP) is 3.33. The van der Waals surface area contributed by atoms with Crippen molar-refractivity contribution in [2.24, 2.45) is 0 Å². The Bertz CT molecular complexity index is 964. The number of nitrogens with two attached hydrogens (primary N) is 1. The molecule has 0 aliphatic heterocycles. The molecule has 8 nitrogen and oxygen atoms in total. The van der Waals surface area contributed by atoms with Crippen LogP contribution in [0.1, 0.15) is 28.5 Å². The van der Waals surface area contributed by atoms with Crippen LogP contribution < -0.4 is 15.8 Å². The lowest BCUT2D eigenvalue weighted by atomic mass is 10.2. The van der Waals surface area contributed by atoms with Crippen molar-refractivity contribution >= 4 is 23.4 Å². The zero-order chi connectivity index (χ0) is 20.8. The van der Waals surface area contributed by atoms with E-state index in [1.165, 1.54) is 6.92 Å². The van der Waals surface area contributed by atoms with Gasteiger partial charge in [0.05, 0.1) is 5.69 Å². The van der Waals surface area contributed by atoms with Crippen LogP contribution in [0.25, 0.3) is 0 Å². The monoisotopic (exact) mass is 395 g/mol. The van der Waals surface area contributed by atoms with Gasteiger partial charge in [0, 0.05) is 5.69 Å². The third kappa shape index (κ3) is 5.13. The van der Waals surface area contributed by atoms with Crippen molar-refractivity contribution in [2.45, 2.75) is 26.6 Å². The van der Waals surface area contributed by atoms with Gasteiger partial charge < -0.3 is 25.0 Å². The molecule has 2 aromatic carbocycles. The molecule has 3 N–H and O–H groups in total. The number of hydrogen-bond acceptors (Lipinski definition) is 7. The molecule has 0 aliphatic carbocycles. The highest BCUT2D eigenvalue weighted by molar-refractivity contribution is 5.99. The molecular weight excluding hydrogens is 374 g/mol. The summed E-state index contributed by atoms with van der Waals surface area (Å²) >= 11 is 0. The number of nitrogens with one attached hydrogen (secondary N) is 1. The van der Waals surface area contributed by atoms with Crippen LogP contribution in [0, 0.1) is 6.92 Å². The second kappa shape index (κ2) is 8.92. The van der Waals surface area contributed by atoms with E-state index in [1.807, 2.05) is 30.3 Å². The van der Waals surface area contributed by atoms with Crippen LogP contribution in [0.4, 0.5) is 11.6 Å². The highest BCUT2D eigenvalue weighted by Gasteiger charge is 2.24. The second-order valence-electron chi connectivity index (χ2n) is 6.34. The lowest BCUT2D eigenvalue weighted by Gasteiger charge is -2.14. The Kier molecular flexibility index (Phi) is 6.13. The molecule has 1 atom stereocenters. The van der Waals surface area contributed by atoms with Crippen LogP contribution in [0.5, 0.6) is 5.75 Å².